The van der Waals surface area contributed by atoms with Crippen molar-refractivity contribution in [3.05, 3.63) is 70.7 Å². The summed E-state index contributed by atoms with van der Waals surface area (Å²) < 4.78 is 0. The molecule has 0 bridgehead atoms. The van der Waals surface area contributed by atoms with Crippen LogP contribution in [0.4, 0.5) is 0 Å². The largest absolute Gasteiger partial charge is 0.338 e. The number of fused-ring (bicyclic) bond motifs is 1. The van der Waals surface area contributed by atoms with Gasteiger partial charge in [0.15, 0.2) is 0 Å². The highest BCUT2D eigenvalue weighted by molar-refractivity contribution is 6.30. The van der Waals surface area contributed by atoms with Crippen LogP contribution in [0.3, 0.4) is 0 Å². The number of benzene rings is 2. The molecule has 2 heterocycles. The molecule has 25 heavy (non-hydrogen) atoms. The first-order valence-corrected chi connectivity index (χ1v) is 8.81. The summed E-state index contributed by atoms with van der Waals surface area (Å²) in [6, 6.07) is 18.3. The van der Waals surface area contributed by atoms with E-state index in [1.54, 1.807) is 12.1 Å². The zero-order chi connectivity index (χ0) is 16.7. The summed E-state index contributed by atoms with van der Waals surface area (Å²) in [7, 11) is 2.20. The minimum atomic E-state index is 0. The molecule has 4 rings (SSSR count). The lowest BCUT2D eigenvalue weighted by atomic mass is 9.90. The first-order valence-electron chi connectivity index (χ1n) is 8.43. The zero-order valence-electron chi connectivity index (χ0n) is 14.1. The molecule has 0 saturated carbocycles. The maximum Gasteiger partial charge on any atom is 0.253 e. The molecule has 0 unspecified atom stereocenters. The molecule has 1 amide bonds. The van der Waals surface area contributed by atoms with E-state index in [0.717, 1.165) is 25.2 Å². The van der Waals surface area contributed by atoms with Crippen LogP contribution < -0.4 is 0 Å². The molecule has 2 fully saturated rings. The average molecular weight is 377 g/mol. The predicted molar refractivity (Wildman–Crippen MR) is 103 cm³/mol. The van der Waals surface area contributed by atoms with Crippen LogP contribution in [0.15, 0.2) is 54.6 Å². The van der Waals surface area contributed by atoms with E-state index in [-0.39, 0.29) is 18.3 Å². The summed E-state index contributed by atoms with van der Waals surface area (Å²) in [5, 5.41) is 0.663. The van der Waals surface area contributed by atoms with E-state index in [2.05, 4.69) is 42.3 Å². The molecule has 132 valence electrons. The average Bonchev–Trinajstić information content (AvgIpc) is 3.12. The number of hydrogen-bond acceptors (Lipinski definition) is 2. The van der Waals surface area contributed by atoms with E-state index in [4.69, 9.17) is 11.6 Å². The second-order valence-corrected chi connectivity index (χ2v) is 7.37. The third-order valence-corrected chi connectivity index (χ3v) is 5.67. The standard InChI is InChI=1S/C20H21ClN2O.ClH/c1-22-11-16-12-23(20(24)15-7-9-17(21)10-8-15)13-18(16)19(22)14-5-3-2-4-6-14;/h2-10,16,18-19H,11-13H2,1H3;1H/t16-,18+,19-;/m0./s1. The van der Waals surface area contributed by atoms with Gasteiger partial charge in [0.25, 0.3) is 5.91 Å². The van der Waals surface area contributed by atoms with Crippen LogP contribution in [-0.4, -0.2) is 42.4 Å². The Hall–Kier alpha value is -1.55. The van der Waals surface area contributed by atoms with Gasteiger partial charge in [-0.1, -0.05) is 41.9 Å². The first kappa shape index (κ1) is 18.2. The van der Waals surface area contributed by atoms with Gasteiger partial charge in [-0.3, -0.25) is 9.69 Å². The Balaban J connectivity index is 0.00000182. The Morgan fingerprint density at radius 2 is 1.68 bits per heavy atom. The molecular weight excluding hydrogens is 355 g/mol. The van der Waals surface area contributed by atoms with Gasteiger partial charge in [0.05, 0.1) is 0 Å². The molecule has 0 radical (unpaired) electrons. The lowest BCUT2D eigenvalue weighted by molar-refractivity contribution is 0.0768. The van der Waals surface area contributed by atoms with Crippen LogP contribution in [0.1, 0.15) is 22.0 Å². The number of carbonyl (C=O) groups is 1. The summed E-state index contributed by atoms with van der Waals surface area (Å²) in [5.41, 5.74) is 2.08. The SMILES string of the molecule is CN1C[C@H]2CN(C(=O)c3ccc(Cl)cc3)C[C@H]2[C@@H]1c1ccccc1.Cl. The number of carbonyl (C=O) groups excluding carboxylic acids is 1. The Kier molecular flexibility index (Phi) is 5.38. The molecule has 3 atom stereocenters. The van der Waals surface area contributed by atoms with Gasteiger partial charge in [-0.15, -0.1) is 12.4 Å². The minimum absolute atomic E-state index is 0. The van der Waals surface area contributed by atoms with Crippen LogP contribution in [0, 0.1) is 11.8 Å². The van der Waals surface area contributed by atoms with Gasteiger partial charge in [-0.05, 0) is 42.8 Å². The van der Waals surface area contributed by atoms with E-state index < -0.39 is 0 Å². The van der Waals surface area contributed by atoms with E-state index in [9.17, 15) is 4.79 Å². The van der Waals surface area contributed by atoms with E-state index in [1.807, 2.05) is 17.0 Å². The maximum absolute atomic E-state index is 12.8. The van der Waals surface area contributed by atoms with E-state index >= 15 is 0 Å². The normalized spacial score (nSPS) is 25.5. The molecule has 0 spiro atoms. The van der Waals surface area contributed by atoms with Crippen molar-refractivity contribution in [3.63, 3.8) is 0 Å². The highest BCUT2D eigenvalue weighted by atomic mass is 35.5. The fourth-order valence-electron chi connectivity index (χ4n) is 4.35. The van der Waals surface area contributed by atoms with Crippen LogP contribution >= 0.6 is 24.0 Å². The Morgan fingerprint density at radius 1 is 1.00 bits per heavy atom. The number of hydrogen-bond donors (Lipinski definition) is 0. The van der Waals surface area contributed by atoms with Crippen molar-refractivity contribution in [2.45, 2.75) is 6.04 Å². The van der Waals surface area contributed by atoms with Gasteiger partial charge in [-0.25, -0.2) is 0 Å². The first-order chi connectivity index (χ1) is 11.6. The number of rotatable bonds is 2. The van der Waals surface area contributed by atoms with Crippen molar-refractivity contribution in [2.75, 3.05) is 26.7 Å². The van der Waals surface area contributed by atoms with Gasteiger partial charge in [0, 0.05) is 42.2 Å². The van der Waals surface area contributed by atoms with Crippen molar-refractivity contribution in [1.82, 2.24) is 9.80 Å². The van der Waals surface area contributed by atoms with Gasteiger partial charge in [0.2, 0.25) is 0 Å². The van der Waals surface area contributed by atoms with Crippen LogP contribution in [0.5, 0.6) is 0 Å². The number of halogens is 2. The van der Waals surface area contributed by atoms with Crippen LogP contribution in [-0.2, 0) is 0 Å². The second kappa shape index (κ2) is 7.36. The van der Waals surface area contributed by atoms with E-state index in [0.29, 0.717) is 22.9 Å². The highest BCUT2D eigenvalue weighted by Gasteiger charge is 2.47. The summed E-state index contributed by atoms with van der Waals surface area (Å²) >= 11 is 5.93. The lowest BCUT2D eigenvalue weighted by Gasteiger charge is -2.27. The molecule has 2 aliphatic heterocycles. The molecular formula is C20H22Cl2N2O. The lowest BCUT2D eigenvalue weighted by Crippen LogP contribution is -2.33. The van der Waals surface area contributed by atoms with Gasteiger partial charge < -0.3 is 4.90 Å². The molecule has 2 aromatic rings. The van der Waals surface area contributed by atoms with Gasteiger partial charge in [0.1, 0.15) is 0 Å². The third kappa shape index (κ3) is 3.41. The highest BCUT2D eigenvalue weighted by Crippen LogP contribution is 2.44. The smallest absolute Gasteiger partial charge is 0.253 e. The van der Waals surface area contributed by atoms with Crippen molar-refractivity contribution in [2.24, 2.45) is 11.8 Å². The quantitative estimate of drug-likeness (QED) is 0.786. The Labute approximate surface area is 160 Å². The topological polar surface area (TPSA) is 23.6 Å². The van der Waals surface area contributed by atoms with Gasteiger partial charge >= 0.3 is 0 Å². The zero-order valence-corrected chi connectivity index (χ0v) is 15.7. The summed E-state index contributed by atoms with van der Waals surface area (Å²) in [5.74, 6) is 1.18. The van der Waals surface area contributed by atoms with Crippen molar-refractivity contribution >= 4 is 29.9 Å². The summed E-state index contributed by atoms with van der Waals surface area (Å²) in [6.45, 7) is 2.73. The Morgan fingerprint density at radius 3 is 2.36 bits per heavy atom. The Bertz CT molecular complexity index is 735. The maximum atomic E-state index is 12.8. The van der Waals surface area contributed by atoms with Gasteiger partial charge in [-0.2, -0.15) is 0 Å². The number of nitrogens with zero attached hydrogens (tertiary/aromatic N) is 2. The molecule has 5 heteroatoms. The minimum Gasteiger partial charge on any atom is -0.338 e. The van der Waals surface area contributed by atoms with Crippen molar-refractivity contribution in [3.8, 4) is 0 Å². The van der Waals surface area contributed by atoms with Crippen molar-refractivity contribution < 1.29 is 4.79 Å². The van der Waals surface area contributed by atoms with E-state index in [1.165, 1.54) is 5.56 Å². The summed E-state index contributed by atoms with van der Waals surface area (Å²) in [4.78, 5) is 17.2. The summed E-state index contributed by atoms with van der Waals surface area (Å²) in [6.07, 6.45) is 0. The monoisotopic (exact) mass is 376 g/mol. The fraction of sp³-hybridized carbons (Fsp3) is 0.350. The predicted octanol–water partition coefficient (Wildman–Crippen LogP) is 4.14. The van der Waals surface area contributed by atoms with Crippen molar-refractivity contribution in [1.29, 1.82) is 0 Å². The third-order valence-electron chi connectivity index (χ3n) is 5.41. The number of likely N-dealkylation sites (tertiary alicyclic amines) is 2. The molecule has 2 aliphatic rings. The molecule has 2 saturated heterocycles. The van der Waals surface area contributed by atoms with Crippen LogP contribution in [0.2, 0.25) is 5.02 Å². The van der Waals surface area contributed by atoms with Crippen LogP contribution in [0.25, 0.3) is 0 Å². The molecule has 3 nitrogen and oxygen atoms in total. The number of amides is 1. The molecule has 2 aromatic carbocycles. The molecule has 0 aromatic heterocycles. The fourth-order valence-corrected chi connectivity index (χ4v) is 4.48. The second-order valence-electron chi connectivity index (χ2n) is 6.94. The molecule has 0 N–H and O–H groups in total. The molecule has 0 aliphatic carbocycles.